The number of carbonyl (C=O) groups is 1. The molecule has 0 saturated carbocycles. The maximum atomic E-state index is 12.4. The van der Waals surface area contributed by atoms with Crippen LogP contribution in [0, 0.1) is 10.5 Å². The molecule has 0 unspecified atom stereocenters. The fourth-order valence-corrected chi connectivity index (χ4v) is 2.83. The second-order valence-corrected chi connectivity index (χ2v) is 5.79. The fourth-order valence-electron chi connectivity index (χ4n) is 1.93. The third kappa shape index (κ3) is 3.56. The summed E-state index contributed by atoms with van der Waals surface area (Å²) in [5.41, 5.74) is 3.08. The number of hydrogen-bond acceptors (Lipinski definition) is 1. The van der Waals surface area contributed by atoms with Crippen LogP contribution in [0.2, 0.25) is 0 Å². The lowest BCUT2D eigenvalue weighted by atomic mass is 10.1. The number of aryl methyl sites for hydroxylation is 1. The van der Waals surface area contributed by atoms with Gasteiger partial charge in [0.05, 0.1) is 5.56 Å². The van der Waals surface area contributed by atoms with Crippen molar-refractivity contribution in [3.63, 3.8) is 0 Å². The van der Waals surface area contributed by atoms with Crippen molar-refractivity contribution in [1.82, 2.24) is 4.90 Å². The monoisotopic (exact) mass is 365 g/mol. The van der Waals surface area contributed by atoms with Gasteiger partial charge in [0.15, 0.2) is 0 Å². The summed E-state index contributed by atoms with van der Waals surface area (Å²) in [4.78, 5) is 14.2. The Hall–Kier alpha value is -1.36. The highest BCUT2D eigenvalue weighted by atomic mass is 127. The van der Waals surface area contributed by atoms with Crippen LogP contribution in [0.1, 0.15) is 21.5 Å². The Balaban J connectivity index is 2.15. The second kappa shape index (κ2) is 6.19. The van der Waals surface area contributed by atoms with Gasteiger partial charge in [0, 0.05) is 17.2 Å². The summed E-state index contributed by atoms with van der Waals surface area (Å²) in [6, 6.07) is 15.9. The van der Waals surface area contributed by atoms with Gasteiger partial charge in [-0.3, -0.25) is 4.79 Å². The van der Waals surface area contributed by atoms with E-state index in [2.05, 4.69) is 22.6 Å². The fraction of sp³-hybridized carbons (Fsp3) is 0.188. The number of nitrogens with zero attached hydrogens (tertiary/aromatic N) is 1. The molecule has 0 N–H and O–H groups in total. The summed E-state index contributed by atoms with van der Waals surface area (Å²) in [6.45, 7) is 2.66. The Kier molecular flexibility index (Phi) is 4.58. The van der Waals surface area contributed by atoms with Gasteiger partial charge >= 0.3 is 0 Å². The van der Waals surface area contributed by atoms with Crippen molar-refractivity contribution >= 4 is 28.5 Å². The van der Waals surface area contributed by atoms with E-state index in [0.29, 0.717) is 6.54 Å². The van der Waals surface area contributed by atoms with Gasteiger partial charge in [-0.25, -0.2) is 0 Å². The van der Waals surface area contributed by atoms with Crippen LogP contribution >= 0.6 is 22.6 Å². The summed E-state index contributed by atoms with van der Waals surface area (Å²) < 4.78 is 1.00. The Bertz CT molecular complexity index is 581. The Morgan fingerprint density at radius 3 is 2.47 bits per heavy atom. The second-order valence-electron chi connectivity index (χ2n) is 4.63. The minimum atomic E-state index is 0.0632. The molecule has 0 spiro atoms. The van der Waals surface area contributed by atoms with Crippen molar-refractivity contribution < 1.29 is 4.79 Å². The van der Waals surface area contributed by atoms with Crippen LogP contribution in [-0.4, -0.2) is 17.9 Å². The first-order chi connectivity index (χ1) is 9.08. The predicted octanol–water partition coefficient (Wildman–Crippen LogP) is 3.87. The van der Waals surface area contributed by atoms with Crippen molar-refractivity contribution in [2.45, 2.75) is 13.5 Å². The molecule has 0 atom stereocenters. The minimum absolute atomic E-state index is 0.0632. The molecule has 1 amide bonds. The number of carbonyl (C=O) groups excluding carboxylic acids is 1. The molecule has 0 aliphatic heterocycles. The van der Waals surface area contributed by atoms with Crippen molar-refractivity contribution in [3.05, 3.63) is 68.8 Å². The van der Waals surface area contributed by atoms with E-state index in [0.717, 1.165) is 14.7 Å². The van der Waals surface area contributed by atoms with Crippen LogP contribution in [0.5, 0.6) is 0 Å². The van der Waals surface area contributed by atoms with E-state index in [4.69, 9.17) is 0 Å². The standard InChI is InChI=1S/C16H16INO/c1-12-8-9-14(15(17)10-12)16(19)18(2)11-13-6-4-3-5-7-13/h3-10H,11H2,1-2H3. The van der Waals surface area contributed by atoms with Crippen LogP contribution in [0.4, 0.5) is 0 Å². The first-order valence-electron chi connectivity index (χ1n) is 6.13. The molecule has 98 valence electrons. The number of halogens is 1. The average molecular weight is 365 g/mol. The zero-order valence-electron chi connectivity index (χ0n) is 11.1. The molecule has 0 saturated heterocycles. The smallest absolute Gasteiger partial charge is 0.254 e. The van der Waals surface area contributed by atoms with Crippen LogP contribution in [0.25, 0.3) is 0 Å². The van der Waals surface area contributed by atoms with E-state index >= 15 is 0 Å². The van der Waals surface area contributed by atoms with Gasteiger partial charge in [0.1, 0.15) is 0 Å². The summed E-state index contributed by atoms with van der Waals surface area (Å²) in [5, 5.41) is 0. The first-order valence-corrected chi connectivity index (χ1v) is 7.21. The molecule has 0 aliphatic rings. The quantitative estimate of drug-likeness (QED) is 0.757. The van der Waals surface area contributed by atoms with Crippen LogP contribution in [0.15, 0.2) is 48.5 Å². The third-order valence-corrected chi connectivity index (χ3v) is 3.86. The highest BCUT2D eigenvalue weighted by molar-refractivity contribution is 14.1. The van der Waals surface area contributed by atoms with Crippen molar-refractivity contribution in [3.8, 4) is 0 Å². The van der Waals surface area contributed by atoms with Gasteiger partial charge in [-0.05, 0) is 47.2 Å². The molecule has 0 aliphatic carbocycles. The van der Waals surface area contributed by atoms with Crippen LogP contribution in [-0.2, 0) is 6.54 Å². The lowest BCUT2D eigenvalue weighted by Crippen LogP contribution is -2.26. The number of benzene rings is 2. The van der Waals surface area contributed by atoms with E-state index in [1.165, 1.54) is 5.56 Å². The normalized spacial score (nSPS) is 10.3. The van der Waals surface area contributed by atoms with E-state index in [1.807, 2.05) is 62.5 Å². The highest BCUT2D eigenvalue weighted by Crippen LogP contribution is 2.17. The van der Waals surface area contributed by atoms with Crippen molar-refractivity contribution in [2.24, 2.45) is 0 Å². The average Bonchev–Trinajstić information content (AvgIpc) is 2.39. The summed E-state index contributed by atoms with van der Waals surface area (Å²) in [7, 11) is 1.84. The number of rotatable bonds is 3. The summed E-state index contributed by atoms with van der Waals surface area (Å²) in [6.07, 6.45) is 0. The maximum Gasteiger partial charge on any atom is 0.254 e. The topological polar surface area (TPSA) is 20.3 Å². The molecule has 0 fully saturated rings. The van der Waals surface area contributed by atoms with Gasteiger partial charge in [0.25, 0.3) is 5.91 Å². The molecule has 2 rings (SSSR count). The molecule has 0 radical (unpaired) electrons. The Labute approximate surface area is 127 Å². The van der Waals surface area contributed by atoms with Crippen LogP contribution in [0.3, 0.4) is 0 Å². The van der Waals surface area contributed by atoms with E-state index in [-0.39, 0.29) is 5.91 Å². The molecule has 0 aromatic heterocycles. The van der Waals surface area contributed by atoms with Gasteiger partial charge in [0.2, 0.25) is 0 Å². The Morgan fingerprint density at radius 1 is 1.16 bits per heavy atom. The molecular weight excluding hydrogens is 349 g/mol. The van der Waals surface area contributed by atoms with E-state index in [1.54, 1.807) is 4.90 Å². The molecule has 2 aromatic carbocycles. The van der Waals surface area contributed by atoms with Gasteiger partial charge in [-0.1, -0.05) is 42.0 Å². The highest BCUT2D eigenvalue weighted by Gasteiger charge is 2.14. The minimum Gasteiger partial charge on any atom is -0.337 e. The Morgan fingerprint density at radius 2 is 1.84 bits per heavy atom. The zero-order valence-corrected chi connectivity index (χ0v) is 13.2. The molecule has 3 heteroatoms. The van der Waals surface area contributed by atoms with Gasteiger partial charge in [-0.15, -0.1) is 0 Å². The van der Waals surface area contributed by atoms with Crippen LogP contribution < -0.4 is 0 Å². The maximum absolute atomic E-state index is 12.4. The largest absolute Gasteiger partial charge is 0.337 e. The molecule has 2 nitrogen and oxygen atoms in total. The number of amides is 1. The van der Waals surface area contributed by atoms with Gasteiger partial charge in [-0.2, -0.15) is 0 Å². The first kappa shape index (κ1) is 14.1. The summed E-state index contributed by atoms with van der Waals surface area (Å²) in [5.74, 6) is 0.0632. The van der Waals surface area contributed by atoms with E-state index < -0.39 is 0 Å². The van der Waals surface area contributed by atoms with Crippen molar-refractivity contribution in [2.75, 3.05) is 7.05 Å². The summed E-state index contributed by atoms with van der Waals surface area (Å²) >= 11 is 2.22. The lowest BCUT2D eigenvalue weighted by Gasteiger charge is -2.18. The predicted molar refractivity (Wildman–Crippen MR) is 86.1 cm³/mol. The molecule has 2 aromatic rings. The van der Waals surface area contributed by atoms with Gasteiger partial charge < -0.3 is 4.90 Å². The lowest BCUT2D eigenvalue weighted by molar-refractivity contribution is 0.0784. The number of hydrogen-bond donors (Lipinski definition) is 0. The molecule has 19 heavy (non-hydrogen) atoms. The SMILES string of the molecule is Cc1ccc(C(=O)N(C)Cc2ccccc2)c(I)c1. The molecule has 0 bridgehead atoms. The third-order valence-electron chi connectivity index (χ3n) is 2.96. The van der Waals surface area contributed by atoms with Crippen molar-refractivity contribution in [1.29, 1.82) is 0 Å². The molecular formula is C16H16INO. The van der Waals surface area contributed by atoms with E-state index in [9.17, 15) is 4.79 Å². The molecule has 0 heterocycles. The zero-order chi connectivity index (χ0) is 13.8.